The number of benzene rings is 1. The van der Waals surface area contributed by atoms with Crippen LogP contribution in [0.2, 0.25) is 0 Å². The van der Waals surface area contributed by atoms with Crippen molar-refractivity contribution in [2.45, 2.75) is 13.3 Å². The Balaban J connectivity index is 1.59. The van der Waals surface area contributed by atoms with E-state index >= 15 is 0 Å². The van der Waals surface area contributed by atoms with Crippen LogP contribution >= 0.6 is 0 Å². The number of hydrogen-bond acceptors (Lipinski definition) is 4. The van der Waals surface area contributed by atoms with Gasteiger partial charge in [-0.3, -0.25) is 9.59 Å². The van der Waals surface area contributed by atoms with Gasteiger partial charge < -0.3 is 14.7 Å². The van der Waals surface area contributed by atoms with Crippen molar-refractivity contribution < 1.29 is 9.59 Å². The lowest BCUT2D eigenvalue weighted by Crippen LogP contribution is -2.50. The van der Waals surface area contributed by atoms with E-state index in [-0.39, 0.29) is 11.8 Å². The Kier molecular flexibility index (Phi) is 4.32. The van der Waals surface area contributed by atoms with Gasteiger partial charge in [0.25, 0.3) is 5.91 Å². The fraction of sp³-hybridized carbons (Fsp3) is 0.350. The lowest BCUT2D eigenvalue weighted by Gasteiger charge is -2.34. The van der Waals surface area contributed by atoms with Crippen molar-refractivity contribution in [1.82, 2.24) is 14.8 Å². The van der Waals surface area contributed by atoms with E-state index in [0.717, 1.165) is 24.5 Å². The van der Waals surface area contributed by atoms with E-state index < -0.39 is 0 Å². The third-order valence-corrected chi connectivity index (χ3v) is 5.17. The third-order valence-electron chi connectivity index (χ3n) is 5.17. The third kappa shape index (κ3) is 2.92. The molecule has 0 radical (unpaired) electrons. The molecule has 26 heavy (non-hydrogen) atoms. The highest BCUT2D eigenvalue weighted by atomic mass is 16.2. The van der Waals surface area contributed by atoms with E-state index in [1.807, 2.05) is 29.2 Å². The van der Waals surface area contributed by atoms with Gasteiger partial charge in [0.15, 0.2) is 0 Å². The number of nitrogens with zero attached hydrogens (tertiary/aromatic N) is 4. The molecular weight excluding hydrogens is 328 g/mol. The maximum absolute atomic E-state index is 13.1. The Bertz CT molecular complexity index is 843. The number of anilines is 2. The molecule has 0 N–H and O–H groups in total. The quantitative estimate of drug-likeness (QED) is 0.832. The molecule has 1 saturated heterocycles. The summed E-state index contributed by atoms with van der Waals surface area (Å²) in [5.41, 5.74) is 3.04. The van der Waals surface area contributed by atoms with Crippen LogP contribution in [-0.2, 0) is 11.2 Å². The van der Waals surface area contributed by atoms with Gasteiger partial charge in [-0.15, -0.1) is 0 Å². The van der Waals surface area contributed by atoms with Crippen LogP contribution in [-0.4, -0.2) is 59.3 Å². The number of amides is 2. The molecule has 134 valence electrons. The van der Waals surface area contributed by atoms with Gasteiger partial charge in [-0.05, 0) is 30.2 Å². The molecule has 2 aliphatic heterocycles. The van der Waals surface area contributed by atoms with Crippen LogP contribution in [0.15, 0.2) is 42.6 Å². The average Bonchev–Trinajstić information content (AvgIpc) is 3.11. The van der Waals surface area contributed by atoms with Crippen molar-refractivity contribution in [1.29, 1.82) is 0 Å². The summed E-state index contributed by atoms with van der Waals surface area (Å²) in [5, 5.41) is 0. The second kappa shape index (κ2) is 6.78. The molecule has 0 spiro atoms. The molecule has 1 aromatic heterocycles. The van der Waals surface area contributed by atoms with E-state index in [1.165, 1.54) is 5.56 Å². The monoisotopic (exact) mass is 350 g/mol. The topological polar surface area (TPSA) is 56.8 Å². The lowest BCUT2D eigenvalue weighted by molar-refractivity contribution is -0.130. The van der Waals surface area contributed by atoms with Crippen molar-refractivity contribution in [2.24, 2.45) is 0 Å². The zero-order valence-corrected chi connectivity index (χ0v) is 14.9. The zero-order chi connectivity index (χ0) is 18.1. The molecule has 0 saturated carbocycles. The molecule has 0 atom stereocenters. The van der Waals surface area contributed by atoms with E-state index in [2.05, 4.69) is 22.0 Å². The summed E-state index contributed by atoms with van der Waals surface area (Å²) >= 11 is 0. The van der Waals surface area contributed by atoms with Crippen LogP contribution in [0.4, 0.5) is 11.5 Å². The minimum absolute atomic E-state index is 0.0133. The Hall–Kier alpha value is -2.89. The first-order chi connectivity index (χ1) is 12.6. The van der Waals surface area contributed by atoms with Crippen molar-refractivity contribution >= 4 is 23.3 Å². The number of carbonyl (C=O) groups excluding carboxylic acids is 2. The van der Waals surface area contributed by atoms with Gasteiger partial charge >= 0.3 is 0 Å². The minimum atomic E-state index is -0.0133. The molecule has 0 bridgehead atoms. The number of aromatic nitrogens is 1. The highest BCUT2D eigenvalue weighted by Crippen LogP contribution is 2.35. The number of para-hydroxylation sites is 1. The standard InChI is InChI=1S/C20H22N4O2/c1-15(25)22-11-13-23(14-12-22)20(26)17-6-4-9-21-19(17)24-10-8-16-5-2-3-7-18(16)24/h2-7,9H,8,10-14H2,1H3. The smallest absolute Gasteiger partial charge is 0.257 e. The Morgan fingerprint density at radius 1 is 0.923 bits per heavy atom. The fourth-order valence-corrected chi connectivity index (χ4v) is 3.73. The summed E-state index contributed by atoms with van der Waals surface area (Å²) < 4.78 is 0. The molecule has 1 fully saturated rings. The van der Waals surface area contributed by atoms with E-state index in [0.29, 0.717) is 31.7 Å². The number of hydrogen-bond donors (Lipinski definition) is 0. The summed E-state index contributed by atoms with van der Waals surface area (Å²) in [6.45, 7) is 4.69. The second-order valence-electron chi connectivity index (χ2n) is 6.70. The van der Waals surface area contributed by atoms with Crippen molar-refractivity contribution in [3.8, 4) is 0 Å². The first-order valence-electron chi connectivity index (χ1n) is 9.00. The van der Waals surface area contributed by atoms with Gasteiger partial charge in [0.05, 0.1) is 5.56 Å². The molecule has 2 aliphatic rings. The first kappa shape index (κ1) is 16.6. The Labute approximate surface area is 153 Å². The summed E-state index contributed by atoms with van der Waals surface area (Å²) in [6, 6.07) is 11.9. The predicted octanol–water partition coefficient (Wildman–Crippen LogP) is 2.08. The van der Waals surface area contributed by atoms with E-state index in [9.17, 15) is 9.59 Å². The Morgan fingerprint density at radius 2 is 1.65 bits per heavy atom. The molecule has 4 rings (SSSR count). The molecule has 1 aromatic carbocycles. The van der Waals surface area contributed by atoms with Crippen LogP contribution in [0, 0.1) is 0 Å². The summed E-state index contributed by atoms with van der Waals surface area (Å²) in [7, 11) is 0. The number of pyridine rings is 1. The molecular formula is C20H22N4O2. The zero-order valence-electron chi connectivity index (χ0n) is 14.9. The molecule has 6 heteroatoms. The highest BCUT2D eigenvalue weighted by Gasteiger charge is 2.29. The largest absolute Gasteiger partial charge is 0.339 e. The minimum Gasteiger partial charge on any atom is -0.339 e. The molecule has 0 aliphatic carbocycles. The van der Waals surface area contributed by atoms with Gasteiger partial charge in [-0.25, -0.2) is 4.98 Å². The number of piperazine rings is 1. The van der Waals surface area contributed by atoms with E-state index in [1.54, 1.807) is 18.0 Å². The number of fused-ring (bicyclic) bond motifs is 1. The maximum Gasteiger partial charge on any atom is 0.257 e. The maximum atomic E-state index is 13.1. The van der Waals surface area contributed by atoms with Crippen LogP contribution in [0.1, 0.15) is 22.8 Å². The van der Waals surface area contributed by atoms with E-state index in [4.69, 9.17) is 0 Å². The first-order valence-corrected chi connectivity index (χ1v) is 9.00. The lowest BCUT2D eigenvalue weighted by atomic mass is 10.1. The predicted molar refractivity (Wildman–Crippen MR) is 99.5 cm³/mol. The van der Waals surface area contributed by atoms with Crippen molar-refractivity contribution in [2.75, 3.05) is 37.6 Å². The summed E-state index contributed by atoms with van der Waals surface area (Å²) in [4.78, 5) is 34.9. The molecule has 3 heterocycles. The van der Waals surface area contributed by atoms with Crippen molar-refractivity contribution in [3.05, 3.63) is 53.7 Å². The average molecular weight is 350 g/mol. The second-order valence-corrected chi connectivity index (χ2v) is 6.70. The molecule has 0 unspecified atom stereocenters. The van der Waals surface area contributed by atoms with Gasteiger partial charge in [0.2, 0.25) is 5.91 Å². The van der Waals surface area contributed by atoms with Crippen LogP contribution < -0.4 is 4.90 Å². The summed E-state index contributed by atoms with van der Waals surface area (Å²) in [5.74, 6) is 0.768. The highest BCUT2D eigenvalue weighted by molar-refractivity contribution is 6.00. The number of carbonyl (C=O) groups is 2. The van der Waals surface area contributed by atoms with Crippen LogP contribution in [0.25, 0.3) is 0 Å². The fourth-order valence-electron chi connectivity index (χ4n) is 3.73. The number of rotatable bonds is 2. The van der Waals surface area contributed by atoms with Crippen molar-refractivity contribution in [3.63, 3.8) is 0 Å². The van der Waals surface area contributed by atoms with Gasteiger partial charge in [-0.2, -0.15) is 0 Å². The van der Waals surface area contributed by atoms with Crippen LogP contribution in [0.5, 0.6) is 0 Å². The normalized spacial score (nSPS) is 16.6. The van der Waals surface area contributed by atoms with Gasteiger partial charge in [0, 0.05) is 51.5 Å². The molecule has 2 amide bonds. The summed E-state index contributed by atoms with van der Waals surface area (Å²) in [6.07, 6.45) is 2.69. The van der Waals surface area contributed by atoms with Gasteiger partial charge in [0.1, 0.15) is 5.82 Å². The SMILES string of the molecule is CC(=O)N1CCN(C(=O)c2cccnc2N2CCc3ccccc32)CC1. The molecule has 6 nitrogen and oxygen atoms in total. The molecule has 2 aromatic rings. The van der Waals surface area contributed by atoms with Crippen LogP contribution in [0.3, 0.4) is 0 Å². The van der Waals surface area contributed by atoms with Gasteiger partial charge in [-0.1, -0.05) is 18.2 Å². The Morgan fingerprint density at radius 3 is 2.42 bits per heavy atom.